The van der Waals surface area contributed by atoms with Crippen LogP contribution in [0.5, 0.6) is 0 Å². The van der Waals surface area contributed by atoms with Gasteiger partial charge in [0.15, 0.2) is 22.5 Å². The number of carbonyl (C=O) groups is 3. The molecule has 39 heavy (non-hydrogen) atoms. The first kappa shape index (κ1) is 28.6. The van der Waals surface area contributed by atoms with Crippen LogP contribution < -0.4 is 5.32 Å². The Balaban J connectivity index is 1.73. The third-order valence-electron chi connectivity index (χ3n) is 6.95. The van der Waals surface area contributed by atoms with Gasteiger partial charge in [0.25, 0.3) is 0 Å². The zero-order valence-electron chi connectivity index (χ0n) is 21.5. The summed E-state index contributed by atoms with van der Waals surface area (Å²) in [6.07, 6.45) is 3.83. The van der Waals surface area contributed by atoms with Gasteiger partial charge in [0.2, 0.25) is 5.91 Å². The number of hydrogen-bond donors (Lipinski definition) is 1. The van der Waals surface area contributed by atoms with Crippen LogP contribution in [0, 0.1) is 17.6 Å². The quantitative estimate of drug-likeness (QED) is 0.386. The molecule has 1 saturated carbocycles. The fourth-order valence-electron chi connectivity index (χ4n) is 5.03. The third-order valence-corrected chi connectivity index (χ3v) is 8.12. The van der Waals surface area contributed by atoms with Gasteiger partial charge in [0.05, 0.1) is 24.8 Å². The van der Waals surface area contributed by atoms with Crippen molar-refractivity contribution in [3.8, 4) is 0 Å². The number of halogens is 3. The van der Waals surface area contributed by atoms with E-state index >= 15 is 0 Å². The summed E-state index contributed by atoms with van der Waals surface area (Å²) in [7, 11) is 2.50. The fraction of sp³-hybridized carbons (Fsp3) is 0.423. The molecule has 208 valence electrons. The van der Waals surface area contributed by atoms with E-state index in [9.17, 15) is 23.2 Å². The summed E-state index contributed by atoms with van der Waals surface area (Å²) in [6, 6.07) is 0.969. The zero-order valence-corrected chi connectivity index (χ0v) is 23.1. The molecule has 1 aromatic carbocycles. The van der Waals surface area contributed by atoms with Crippen LogP contribution in [-0.4, -0.2) is 60.4 Å². The van der Waals surface area contributed by atoms with Crippen LogP contribution in [0.2, 0.25) is 5.02 Å². The molecule has 1 aromatic heterocycles. The van der Waals surface area contributed by atoms with E-state index in [1.807, 2.05) is 0 Å². The van der Waals surface area contributed by atoms with E-state index in [-0.39, 0.29) is 35.5 Å². The minimum absolute atomic E-state index is 0.110. The van der Waals surface area contributed by atoms with Gasteiger partial charge in [-0.1, -0.05) is 17.7 Å². The molecule has 2 aromatic rings. The number of amidine groups is 1. The van der Waals surface area contributed by atoms with E-state index in [0.29, 0.717) is 42.2 Å². The van der Waals surface area contributed by atoms with Crippen LogP contribution in [0.4, 0.5) is 8.78 Å². The summed E-state index contributed by atoms with van der Waals surface area (Å²) in [6.45, 7) is 1.26. The average molecular weight is 581 g/mol. The van der Waals surface area contributed by atoms with Crippen LogP contribution in [0.25, 0.3) is 0 Å². The molecule has 1 N–H and O–H groups in total. The highest BCUT2D eigenvalue weighted by atomic mass is 35.5. The molecule has 2 heterocycles. The topological polar surface area (TPSA) is 110 Å². The molecule has 4 rings (SSSR count). The summed E-state index contributed by atoms with van der Waals surface area (Å²) in [5.74, 6) is -3.63. The first-order chi connectivity index (χ1) is 18.7. The summed E-state index contributed by atoms with van der Waals surface area (Å²) < 4.78 is 38.2. The molecule has 2 aliphatic rings. The number of aromatic nitrogens is 1. The highest BCUT2D eigenvalue weighted by molar-refractivity contribution is 7.11. The summed E-state index contributed by atoms with van der Waals surface area (Å²) >= 11 is 7.54. The highest BCUT2D eigenvalue weighted by Crippen LogP contribution is 2.42. The van der Waals surface area contributed by atoms with Crippen molar-refractivity contribution >= 4 is 46.6 Å². The van der Waals surface area contributed by atoms with Gasteiger partial charge < -0.3 is 19.7 Å². The lowest BCUT2D eigenvalue weighted by Gasteiger charge is -2.38. The number of ether oxygens (including phenoxy) is 2. The number of allylic oxidation sites excluding steroid dienone is 1. The molecule has 1 fully saturated rings. The van der Waals surface area contributed by atoms with Gasteiger partial charge in [-0.15, -0.1) is 11.3 Å². The lowest BCUT2D eigenvalue weighted by molar-refractivity contribution is -0.148. The maximum atomic E-state index is 14.5. The number of methoxy groups -OCH3 is 2. The maximum Gasteiger partial charge on any atom is 0.338 e. The van der Waals surface area contributed by atoms with Crippen LogP contribution >= 0.6 is 22.9 Å². The maximum absolute atomic E-state index is 14.5. The highest BCUT2D eigenvalue weighted by Gasteiger charge is 2.39. The summed E-state index contributed by atoms with van der Waals surface area (Å²) in [5, 5.41) is 5.08. The molecular formula is C26H27ClF2N4O5S. The van der Waals surface area contributed by atoms with Crippen molar-refractivity contribution in [1.29, 1.82) is 0 Å². The van der Waals surface area contributed by atoms with Gasteiger partial charge in [-0.25, -0.2) is 18.6 Å². The van der Waals surface area contributed by atoms with Crippen molar-refractivity contribution in [2.45, 2.75) is 44.7 Å². The largest absolute Gasteiger partial charge is 0.468 e. The molecule has 1 atom stereocenters. The Labute approximate surface area is 232 Å². The van der Waals surface area contributed by atoms with Crippen molar-refractivity contribution in [2.75, 3.05) is 20.8 Å². The number of thiazole rings is 1. The first-order valence-corrected chi connectivity index (χ1v) is 13.5. The van der Waals surface area contributed by atoms with Gasteiger partial charge >= 0.3 is 11.9 Å². The number of nitrogens with one attached hydrogen (secondary N) is 1. The summed E-state index contributed by atoms with van der Waals surface area (Å²) in [4.78, 5) is 47.7. The van der Waals surface area contributed by atoms with Gasteiger partial charge in [-0.3, -0.25) is 14.6 Å². The predicted octanol–water partition coefficient (Wildman–Crippen LogP) is 4.17. The lowest BCUT2D eigenvalue weighted by Crippen LogP contribution is -2.45. The van der Waals surface area contributed by atoms with Crippen LogP contribution in [0.1, 0.15) is 49.2 Å². The molecular weight excluding hydrogens is 554 g/mol. The van der Waals surface area contributed by atoms with E-state index in [2.05, 4.69) is 15.3 Å². The van der Waals surface area contributed by atoms with Gasteiger partial charge in [0.1, 0.15) is 12.6 Å². The van der Waals surface area contributed by atoms with Crippen LogP contribution in [0.15, 0.2) is 40.0 Å². The Bertz CT molecular complexity index is 1330. The zero-order chi connectivity index (χ0) is 28.3. The van der Waals surface area contributed by atoms with E-state index < -0.39 is 34.6 Å². The van der Waals surface area contributed by atoms with Crippen LogP contribution in [-0.2, 0) is 23.9 Å². The van der Waals surface area contributed by atoms with Crippen molar-refractivity contribution in [2.24, 2.45) is 10.9 Å². The lowest BCUT2D eigenvalue weighted by atomic mass is 9.80. The fourth-order valence-corrected chi connectivity index (χ4v) is 5.87. The number of rotatable bonds is 7. The Kier molecular flexibility index (Phi) is 8.96. The number of esters is 2. The van der Waals surface area contributed by atoms with Crippen molar-refractivity contribution in [1.82, 2.24) is 15.2 Å². The number of hydrogen-bond acceptors (Lipinski definition) is 9. The number of aliphatic imine (C=N–C) groups is 1. The third kappa shape index (κ3) is 5.96. The predicted molar refractivity (Wildman–Crippen MR) is 140 cm³/mol. The standard InChI is InChI=1S/C26H27ClF2N4O5S/c1-13(34)33(12-18(35)37-2)15-6-4-14(5-7-15)22-19(26(36)38-3)23(16-8-9-17(28)21(29)20(16)27)32-24(31-22)25-30-10-11-39-25/h8-11,14-15,23H,4-7,12H2,1-3H3,(H,31,32). The number of carbonyl (C=O) groups excluding carboxylic acids is 3. The van der Waals surface area contributed by atoms with E-state index in [1.165, 1.54) is 43.4 Å². The second-order valence-corrected chi connectivity index (χ2v) is 10.4. The molecule has 1 amide bonds. The second kappa shape index (κ2) is 12.2. The molecule has 1 aliphatic heterocycles. The van der Waals surface area contributed by atoms with Gasteiger partial charge in [-0.2, -0.15) is 0 Å². The van der Waals surface area contributed by atoms with E-state index in [0.717, 1.165) is 6.07 Å². The van der Waals surface area contributed by atoms with Crippen molar-refractivity contribution in [3.05, 3.63) is 62.2 Å². The Morgan fingerprint density at radius 2 is 1.87 bits per heavy atom. The minimum atomic E-state index is -1.24. The average Bonchev–Trinajstić information content (AvgIpc) is 3.49. The molecule has 0 radical (unpaired) electrons. The summed E-state index contributed by atoms with van der Waals surface area (Å²) in [5.41, 5.74) is 0.763. The van der Waals surface area contributed by atoms with Gasteiger partial charge in [0, 0.05) is 35.8 Å². The second-order valence-electron chi connectivity index (χ2n) is 9.15. The number of amides is 1. The number of nitrogens with zero attached hydrogens (tertiary/aromatic N) is 3. The van der Waals surface area contributed by atoms with Crippen molar-refractivity contribution < 1.29 is 32.6 Å². The molecule has 1 unspecified atom stereocenters. The molecule has 0 spiro atoms. The molecule has 9 nitrogen and oxygen atoms in total. The SMILES string of the molecule is COC(=O)CN(C(C)=O)C1CCC(C2=C(C(=O)OC)C(c3ccc(F)c(F)c3Cl)N=C(c3nccs3)N2)CC1. The molecule has 1 aliphatic carbocycles. The number of benzene rings is 1. The first-order valence-electron chi connectivity index (χ1n) is 12.2. The molecule has 13 heteroatoms. The molecule has 0 bridgehead atoms. The Hall–Kier alpha value is -3.38. The Morgan fingerprint density at radius 1 is 1.15 bits per heavy atom. The normalized spacial score (nSPS) is 21.1. The van der Waals surface area contributed by atoms with Crippen LogP contribution in [0.3, 0.4) is 0 Å². The van der Waals surface area contributed by atoms with E-state index in [1.54, 1.807) is 11.6 Å². The Morgan fingerprint density at radius 3 is 2.46 bits per heavy atom. The van der Waals surface area contributed by atoms with Crippen molar-refractivity contribution in [3.63, 3.8) is 0 Å². The smallest absolute Gasteiger partial charge is 0.338 e. The van der Waals surface area contributed by atoms with Gasteiger partial charge in [-0.05, 0) is 37.7 Å². The monoisotopic (exact) mass is 580 g/mol. The van der Waals surface area contributed by atoms with E-state index in [4.69, 9.17) is 21.1 Å². The molecule has 0 saturated heterocycles. The minimum Gasteiger partial charge on any atom is -0.468 e.